The van der Waals surface area contributed by atoms with Crippen molar-refractivity contribution in [1.29, 1.82) is 0 Å². The van der Waals surface area contributed by atoms with Crippen LogP contribution in [-0.2, 0) is 19.1 Å². The molecule has 1 saturated carbocycles. The van der Waals surface area contributed by atoms with Crippen molar-refractivity contribution in [1.82, 2.24) is 10.6 Å². The van der Waals surface area contributed by atoms with E-state index >= 15 is 0 Å². The maximum absolute atomic E-state index is 12.8. The van der Waals surface area contributed by atoms with Crippen molar-refractivity contribution in [2.24, 2.45) is 5.92 Å². The van der Waals surface area contributed by atoms with Gasteiger partial charge in [0.15, 0.2) is 6.10 Å². The predicted molar refractivity (Wildman–Crippen MR) is 125 cm³/mol. The van der Waals surface area contributed by atoms with Crippen LogP contribution in [0.4, 0.5) is 4.79 Å². The molecule has 0 aromatic heterocycles. The standard InChI is InChI=1S/C26H30N2O6/c1-33-22(25(30)31)13-14-27-24(29)23(16-7-6-8-16)28-26(32)34-15-21-19-11-4-2-9-17(19)18-10-3-5-12-20(18)21/h2-5,9-12,16,21-23H,6-8,13-15H2,1H3,(H,27,29)(H,28,32)(H,30,31). The SMILES string of the molecule is COC(CCNC(=O)C(NC(=O)OCC1c2ccccc2-c2ccccc21)C1CCC1)C(=O)O. The van der Waals surface area contributed by atoms with E-state index in [4.69, 9.17) is 14.6 Å². The molecule has 8 nitrogen and oxygen atoms in total. The van der Waals surface area contributed by atoms with Crippen LogP contribution >= 0.6 is 0 Å². The number of ether oxygens (including phenoxy) is 2. The third-order valence-electron chi connectivity index (χ3n) is 6.79. The summed E-state index contributed by atoms with van der Waals surface area (Å²) in [6.45, 7) is 0.312. The number of carboxylic acids is 1. The Morgan fingerprint density at radius 1 is 1.03 bits per heavy atom. The lowest BCUT2D eigenvalue weighted by Gasteiger charge is -2.33. The molecule has 2 aliphatic rings. The maximum Gasteiger partial charge on any atom is 0.407 e. The Kier molecular flexibility index (Phi) is 7.47. The fraction of sp³-hybridized carbons (Fsp3) is 0.423. The van der Waals surface area contributed by atoms with Crippen molar-refractivity contribution in [3.05, 3.63) is 59.7 Å². The highest BCUT2D eigenvalue weighted by Gasteiger charge is 2.35. The van der Waals surface area contributed by atoms with E-state index in [9.17, 15) is 14.4 Å². The van der Waals surface area contributed by atoms with Crippen LogP contribution < -0.4 is 10.6 Å². The molecule has 2 aliphatic carbocycles. The molecule has 0 aliphatic heterocycles. The number of rotatable bonds is 10. The van der Waals surface area contributed by atoms with Gasteiger partial charge in [-0.15, -0.1) is 0 Å². The van der Waals surface area contributed by atoms with Gasteiger partial charge in [0.1, 0.15) is 12.6 Å². The number of alkyl carbamates (subject to hydrolysis) is 1. The van der Waals surface area contributed by atoms with Crippen LogP contribution in [0.5, 0.6) is 0 Å². The fourth-order valence-electron chi connectivity index (χ4n) is 4.72. The van der Waals surface area contributed by atoms with Crippen molar-refractivity contribution in [3.8, 4) is 11.1 Å². The second-order valence-corrected chi connectivity index (χ2v) is 8.78. The second-order valence-electron chi connectivity index (χ2n) is 8.78. The molecule has 2 atom stereocenters. The lowest BCUT2D eigenvalue weighted by molar-refractivity contribution is -0.149. The number of aliphatic carboxylic acids is 1. The molecule has 4 rings (SSSR count). The molecule has 34 heavy (non-hydrogen) atoms. The number of benzene rings is 2. The zero-order chi connectivity index (χ0) is 24.1. The van der Waals surface area contributed by atoms with E-state index in [1.807, 2.05) is 24.3 Å². The zero-order valence-electron chi connectivity index (χ0n) is 19.2. The molecular formula is C26H30N2O6. The van der Waals surface area contributed by atoms with E-state index in [0.717, 1.165) is 41.5 Å². The molecule has 0 saturated heterocycles. The quantitative estimate of drug-likeness (QED) is 0.495. The van der Waals surface area contributed by atoms with Crippen LogP contribution in [0.1, 0.15) is 42.7 Å². The molecule has 180 valence electrons. The van der Waals surface area contributed by atoms with Crippen molar-refractivity contribution in [2.75, 3.05) is 20.3 Å². The number of carboxylic acid groups (broad SMARTS) is 1. The molecule has 2 aromatic rings. The lowest BCUT2D eigenvalue weighted by Crippen LogP contribution is -2.53. The normalized spacial score (nSPS) is 16.5. The Balaban J connectivity index is 1.35. The topological polar surface area (TPSA) is 114 Å². The number of hydrogen-bond acceptors (Lipinski definition) is 5. The van der Waals surface area contributed by atoms with Gasteiger partial charge in [0.05, 0.1) is 0 Å². The molecule has 3 N–H and O–H groups in total. The third-order valence-corrected chi connectivity index (χ3v) is 6.79. The highest BCUT2D eigenvalue weighted by atomic mass is 16.5. The number of methoxy groups -OCH3 is 1. The number of fused-ring (bicyclic) bond motifs is 3. The van der Waals surface area contributed by atoms with Crippen LogP contribution in [0.25, 0.3) is 11.1 Å². The monoisotopic (exact) mass is 466 g/mol. The average Bonchev–Trinajstić information content (AvgIpc) is 3.12. The first-order valence-corrected chi connectivity index (χ1v) is 11.6. The minimum absolute atomic E-state index is 0.0400. The Labute approximate surface area is 198 Å². The number of carbonyl (C=O) groups excluding carboxylic acids is 2. The van der Waals surface area contributed by atoms with Crippen LogP contribution in [0.2, 0.25) is 0 Å². The highest BCUT2D eigenvalue weighted by Crippen LogP contribution is 2.44. The van der Waals surface area contributed by atoms with E-state index < -0.39 is 24.2 Å². The smallest absolute Gasteiger partial charge is 0.407 e. The number of hydrogen-bond donors (Lipinski definition) is 3. The molecule has 1 fully saturated rings. The third kappa shape index (κ3) is 5.07. The van der Waals surface area contributed by atoms with Gasteiger partial charge in [0.25, 0.3) is 0 Å². The van der Waals surface area contributed by atoms with Gasteiger partial charge in [-0.25, -0.2) is 9.59 Å². The number of amides is 2. The van der Waals surface area contributed by atoms with Gasteiger partial charge in [0.2, 0.25) is 5.91 Å². The summed E-state index contributed by atoms with van der Waals surface area (Å²) in [4.78, 5) is 36.5. The van der Waals surface area contributed by atoms with Crippen LogP contribution in [0.3, 0.4) is 0 Å². The second kappa shape index (κ2) is 10.7. The van der Waals surface area contributed by atoms with E-state index in [2.05, 4.69) is 34.9 Å². The van der Waals surface area contributed by atoms with Gasteiger partial charge in [0, 0.05) is 26.0 Å². The van der Waals surface area contributed by atoms with Gasteiger partial charge in [-0.2, -0.15) is 0 Å². The van der Waals surface area contributed by atoms with Crippen molar-refractivity contribution in [3.63, 3.8) is 0 Å². The van der Waals surface area contributed by atoms with Crippen LogP contribution in [0.15, 0.2) is 48.5 Å². The first-order valence-electron chi connectivity index (χ1n) is 11.6. The van der Waals surface area contributed by atoms with Crippen molar-refractivity contribution >= 4 is 18.0 Å². The molecule has 2 aromatic carbocycles. The first kappa shape index (κ1) is 23.8. The zero-order valence-corrected chi connectivity index (χ0v) is 19.2. The van der Waals surface area contributed by atoms with Gasteiger partial charge >= 0.3 is 12.1 Å². The maximum atomic E-state index is 12.8. The van der Waals surface area contributed by atoms with Gasteiger partial charge < -0.3 is 25.2 Å². The molecule has 2 amide bonds. The molecule has 8 heteroatoms. The Bertz CT molecular complexity index is 1010. The predicted octanol–water partition coefficient (Wildman–Crippen LogP) is 3.30. The summed E-state index contributed by atoms with van der Waals surface area (Å²) >= 11 is 0. The van der Waals surface area contributed by atoms with Crippen LogP contribution in [0, 0.1) is 5.92 Å². The largest absolute Gasteiger partial charge is 0.479 e. The van der Waals surface area contributed by atoms with E-state index in [-0.39, 0.29) is 37.3 Å². The molecule has 0 bridgehead atoms. The van der Waals surface area contributed by atoms with Crippen molar-refractivity contribution < 1.29 is 29.0 Å². The Hall–Kier alpha value is -3.39. The van der Waals surface area contributed by atoms with Crippen molar-refractivity contribution in [2.45, 2.75) is 43.7 Å². The minimum Gasteiger partial charge on any atom is -0.479 e. The Morgan fingerprint density at radius 2 is 1.65 bits per heavy atom. The first-order chi connectivity index (χ1) is 16.5. The summed E-state index contributed by atoms with van der Waals surface area (Å²) in [7, 11) is 1.32. The molecule has 2 unspecified atom stereocenters. The molecular weight excluding hydrogens is 436 g/mol. The van der Waals surface area contributed by atoms with E-state index in [1.54, 1.807) is 0 Å². The summed E-state index contributed by atoms with van der Waals surface area (Å²) in [5.74, 6) is -1.43. The number of carbonyl (C=O) groups is 3. The summed E-state index contributed by atoms with van der Waals surface area (Å²) in [5, 5.41) is 14.5. The fourth-order valence-corrected chi connectivity index (χ4v) is 4.72. The molecule has 0 radical (unpaired) electrons. The van der Waals surface area contributed by atoms with Gasteiger partial charge in [-0.1, -0.05) is 55.0 Å². The average molecular weight is 467 g/mol. The summed E-state index contributed by atoms with van der Waals surface area (Å²) < 4.78 is 10.5. The summed E-state index contributed by atoms with van der Waals surface area (Å²) in [6, 6.07) is 15.5. The molecule has 0 spiro atoms. The lowest BCUT2D eigenvalue weighted by atomic mass is 9.79. The minimum atomic E-state index is -1.08. The van der Waals surface area contributed by atoms with E-state index in [1.165, 1.54) is 7.11 Å². The van der Waals surface area contributed by atoms with Gasteiger partial charge in [-0.05, 0) is 41.0 Å². The van der Waals surface area contributed by atoms with E-state index in [0.29, 0.717) is 0 Å². The summed E-state index contributed by atoms with van der Waals surface area (Å²) in [6.07, 6.45) is 1.22. The highest BCUT2D eigenvalue weighted by molar-refractivity contribution is 5.86. The van der Waals surface area contributed by atoms with Gasteiger partial charge in [-0.3, -0.25) is 4.79 Å². The molecule has 0 heterocycles. The van der Waals surface area contributed by atoms with Crippen LogP contribution in [-0.4, -0.2) is 55.5 Å². The summed E-state index contributed by atoms with van der Waals surface area (Å²) in [5.41, 5.74) is 4.54. The number of nitrogens with one attached hydrogen (secondary N) is 2. The Morgan fingerprint density at radius 3 is 2.18 bits per heavy atom.